The summed E-state index contributed by atoms with van der Waals surface area (Å²) < 4.78 is 0. The molecule has 86 valence electrons. The molecule has 0 aromatic rings. The fourth-order valence-electron chi connectivity index (χ4n) is 1.90. The molecule has 2 N–H and O–H groups in total. The van der Waals surface area contributed by atoms with E-state index in [0.717, 1.165) is 18.4 Å². The van der Waals surface area contributed by atoms with Gasteiger partial charge in [0.05, 0.1) is 0 Å². The van der Waals surface area contributed by atoms with Crippen LogP contribution in [0.4, 0.5) is 0 Å². The Balaban J connectivity index is 3.70. The maximum absolute atomic E-state index is 5.70. The van der Waals surface area contributed by atoms with Crippen molar-refractivity contribution in [3.63, 3.8) is 0 Å². The van der Waals surface area contributed by atoms with Crippen molar-refractivity contribution in [2.75, 3.05) is 27.2 Å². The summed E-state index contributed by atoms with van der Waals surface area (Å²) in [6, 6.07) is 0. The number of nitrogens with two attached hydrogens (primary N) is 1. The molecular weight excluding hydrogens is 172 g/mol. The van der Waals surface area contributed by atoms with Gasteiger partial charge in [-0.1, -0.05) is 26.7 Å². The third kappa shape index (κ3) is 6.39. The lowest BCUT2D eigenvalue weighted by molar-refractivity contribution is 0.286. The SMILES string of the molecule is CCC(CN)CCC(CC)CN(C)C. The van der Waals surface area contributed by atoms with Gasteiger partial charge < -0.3 is 10.6 Å². The molecular formula is C12H28N2. The van der Waals surface area contributed by atoms with Gasteiger partial charge in [-0.15, -0.1) is 0 Å². The monoisotopic (exact) mass is 200 g/mol. The Morgan fingerprint density at radius 2 is 1.50 bits per heavy atom. The molecule has 0 aliphatic carbocycles. The predicted octanol–water partition coefficient (Wildman–Crippen LogP) is 2.34. The Kier molecular flexibility index (Phi) is 8.20. The Morgan fingerprint density at radius 1 is 1.00 bits per heavy atom. The zero-order valence-corrected chi connectivity index (χ0v) is 10.4. The number of nitrogens with zero attached hydrogens (tertiary/aromatic N) is 1. The zero-order valence-electron chi connectivity index (χ0n) is 10.4. The molecule has 0 saturated carbocycles. The van der Waals surface area contributed by atoms with E-state index in [9.17, 15) is 0 Å². The third-order valence-corrected chi connectivity index (χ3v) is 3.09. The highest BCUT2D eigenvalue weighted by Gasteiger charge is 2.10. The lowest BCUT2D eigenvalue weighted by atomic mass is 9.92. The first kappa shape index (κ1) is 13.9. The molecule has 0 bridgehead atoms. The van der Waals surface area contributed by atoms with Gasteiger partial charge in [0.25, 0.3) is 0 Å². The average molecular weight is 200 g/mol. The molecule has 2 nitrogen and oxygen atoms in total. The van der Waals surface area contributed by atoms with Gasteiger partial charge in [-0.2, -0.15) is 0 Å². The first-order chi connectivity index (χ1) is 6.63. The van der Waals surface area contributed by atoms with Gasteiger partial charge in [0, 0.05) is 6.54 Å². The first-order valence-corrected chi connectivity index (χ1v) is 5.98. The minimum atomic E-state index is 0.742. The molecule has 0 spiro atoms. The maximum Gasteiger partial charge on any atom is 0.000346 e. The number of hydrogen-bond acceptors (Lipinski definition) is 2. The fraction of sp³-hybridized carbons (Fsp3) is 1.00. The summed E-state index contributed by atoms with van der Waals surface area (Å²) in [4.78, 5) is 2.29. The van der Waals surface area contributed by atoms with Crippen molar-refractivity contribution >= 4 is 0 Å². The van der Waals surface area contributed by atoms with E-state index in [1.54, 1.807) is 0 Å². The summed E-state index contributed by atoms with van der Waals surface area (Å²) in [5, 5.41) is 0. The molecule has 14 heavy (non-hydrogen) atoms. The molecule has 2 unspecified atom stereocenters. The van der Waals surface area contributed by atoms with Gasteiger partial charge in [-0.25, -0.2) is 0 Å². The summed E-state index contributed by atoms with van der Waals surface area (Å²) in [6.45, 7) is 6.61. The van der Waals surface area contributed by atoms with Crippen LogP contribution < -0.4 is 5.73 Å². The normalized spacial score (nSPS) is 15.9. The summed E-state index contributed by atoms with van der Waals surface area (Å²) in [6.07, 6.45) is 5.16. The lowest BCUT2D eigenvalue weighted by Crippen LogP contribution is -2.23. The quantitative estimate of drug-likeness (QED) is 0.651. The van der Waals surface area contributed by atoms with Crippen LogP contribution in [0, 0.1) is 11.8 Å². The van der Waals surface area contributed by atoms with E-state index in [2.05, 4.69) is 32.8 Å². The van der Waals surface area contributed by atoms with E-state index in [0.29, 0.717) is 0 Å². The van der Waals surface area contributed by atoms with Gasteiger partial charge in [0.2, 0.25) is 0 Å². The second kappa shape index (κ2) is 8.25. The Bertz CT molecular complexity index is 119. The molecule has 0 saturated heterocycles. The zero-order chi connectivity index (χ0) is 11.0. The number of hydrogen-bond donors (Lipinski definition) is 1. The topological polar surface area (TPSA) is 29.3 Å². The van der Waals surface area contributed by atoms with Gasteiger partial charge in [0.15, 0.2) is 0 Å². The molecule has 0 aliphatic heterocycles. The largest absolute Gasteiger partial charge is 0.330 e. The predicted molar refractivity (Wildman–Crippen MR) is 64.4 cm³/mol. The van der Waals surface area contributed by atoms with Crippen LogP contribution in [-0.4, -0.2) is 32.1 Å². The fourth-order valence-corrected chi connectivity index (χ4v) is 1.90. The van der Waals surface area contributed by atoms with E-state index in [1.165, 1.54) is 32.2 Å². The van der Waals surface area contributed by atoms with E-state index >= 15 is 0 Å². The highest BCUT2D eigenvalue weighted by molar-refractivity contribution is 4.65. The summed E-state index contributed by atoms with van der Waals surface area (Å²) in [5.74, 6) is 1.59. The smallest absolute Gasteiger partial charge is 0.000346 e. The van der Waals surface area contributed by atoms with Crippen LogP contribution in [0.25, 0.3) is 0 Å². The molecule has 0 rings (SSSR count). The number of rotatable bonds is 8. The van der Waals surface area contributed by atoms with Crippen molar-refractivity contribution in [2.24, 2.45) is 17.6 Å². The second-order valence-corrected chi connectivity index (χ2v) is 4.62. The highest BCUT2D eigenvalue weighted by atomic mass is 15.1. The molecule has 0 fully saturated rings. The summed E-state index contributed by atoms with van der Waals surface area (Å²) in [7, 11) is 4.31. The van der Waals surface area contributed by atoms with Gasteiger partial charge in [-0.3, -0.25) is 0 Å². The molecule has 0 amide bonds. The highest BCUT2D eigenvalue weighted by Crippen LogP contribution is 2.17. The minimum Gasteiger partial charge on any atom is -0.330 e. The summed E-state index contributed by atoms with van der Waals surface area (Å²) in [5.41, 5.74) is 5.70. The Labute approximate surface area is 89.9 Å². The van der Waals surface area contributed by atoms with Crippen LogP contribution in [0.1, 0.15) is 39.5 Å². The lowest BCUT2D eigenvalue weighted by Gasteiger charge is -2.21. The van der Waals surface area contributed by atoms with Crippen molar-refractivity contribution < 1.29 is 0 Å². The molecule has 0 aromatic heterocycles. The van der Waals surface area contributed by atoms with E-state index < -0.39 is 0 Å². The van der Waals surface area contributed by atoms with Crippen LogP contribution in [-0.2, 0) is 0 Å². The van der Waals surface area contributed by atoms with E-state index in [4.69, 9.17) is 5.73 Å². The first-order valence-electron chi connectivity index (χ1n) is 5.98. The van der Waals surface area contributed by atoms with Crippen LogP contribution in [0.2, 0.25) is 0 Å². The Hall–Kier alpha value is -0.0800. The molecule has 2 atom stereocenters. The van der Waals surface area contributed by atoms with Crippen molar-refractivity contribution in [1.29, 1.82) is 0 Å². The molecule has 0 radical (unpaired) electrons. The average Bonchev–Trinajstić information content (AvgIpc) is 2.17. The second-order valence-electron chi connectivity index (χ2n) is 4.62. The Morgan fingerprint density at radius 3 is 1.86 bits per heavy atom. The molecule has 0 aliphatic rings. The standard InChI is InChI=1S/C12H28N2/c1-5-11(9-13)7-8-12(6-2)10-14(3)4/h11-12H,5-10,13H2,1-4H3. The maximum atomic E-state index is 5.70. The van der Waals surface area contributed by atoms with Gasteiger partial charge >= 0.3 is 0 Å². The van der Waals surface area contributed by atoms with Gasteiger partial charge in [0.1, 0.15) is 0 Å². The van der Waals surface area contributed by atoms with Crippen LogP contribution in [0.5, 0.6) is 0 Å². The van der Waals surface area contributed by atoms with Crippen molar-refractivity contribution in [3.8, 4) is 0 Å². The molecule has 2 heteroatoms. The third-order valence-electron chi connectivity index (χ3n) is 3.09. The van der Waals surface area contributed by atoms with E-state index in [1.807, 2.05) is 0 Å². The minimum absolute atomic E-state index is 0.742. The molecule has 0 heterocycles. The molecule has 0 aromatic carbocycles. The van der Waals surface area contributed by atoms with Crippen molar-refractivity contribution in [1.82, 2.24) is 4.90 Å². The van der Waals surface area contributed by atoms with Crippen molar-refractivity contribution in [2.45, 2.75) is 39.5 Å². The van der Waals surface area contributed by atoms with Crippen LogP contribution in [0.3, 0.4) is 0 Å². The summed E-state index contributed by atoms with van der Waals surface area (Å²) >= 11 is 0. The van der Waals surface area contributed by atoms with E-state index in [-0.39, 0.29) is 0 Å². The van der Waals surface area contributed by atoms with Crippen LogP contribution >= 0.6 is 0 Å². The van der Waals surface area contributed by atoms with Crippen molar-refractivity contribution in [3.05, 3.63) is 0 Å². The van der Waals surface area contributed by atoms with Gasteiger partial charge in [-0.05, 0) is 45.3 Å². The van der Waals surface area contributed by atoms with Crippen LogP contribution in [0.15, 0.2) is 0 Å².